The zero-order valence-electron chi connectivity index (χ0n) is 10.7. The SMILES string of the molecule is Clc1ccc(-c2nnc(SCc3[c]cccc3)s2)c(Cl)c1. The molecule has 0 saturated heterocycles. The summed E-state index contributed by atoms with van der Waals surface area (Å²) in [5.74, 6) is 0.823. The van der Waals surface area contributed by atoms with Crippen molar-refractivity contribution in [3.8, 4) is 10.6 Å². The van der Waals surface area contributed by atoms with Crippen LogP contribution in [0.1, 0.15) is 5.56 Å². The highest BCUT2D eigenvalue weighted by atomic mass is 35.5. The summed E-state index contributed by atoms with van der Waals surface area (Å²) < 4.78 is 0.910. The first kappa shape index (κ1) is 14.9. The van der Waals surface area contributed by atoms with Crippen molar-refractivity contribution >= 4 is 46.3 Å². The molecule has 1 heterocycles. The van der Waals surface area contributed by atoms with Gasteiger partial charge in [0, 0.05) is 16.3 Å². The summed E-state index contributed by atoms with van der Waals surface area (Å²) in [5, 5.41) is 10.4. The van der Waals surface area contributed by atoms with Crippen LogP contribution in [-0.2, 0) is 5.75 Å². The predicted octanol–water partition coefficient (Wildman–Crippen LogP) is 5.60. The number of nitrogens with zero attached hydrogens (tertiary/aromatic N) is 2. The number of thioether (sulfide) groups is 1. The monoisotopic (exact) mass is 351 g/mol. The second-order valence-corrected chi connectivity index (χ2v) is 7.22. The smallest absolute Gasteiger partial charge is 0.137 e. The van der Waals surface area contributed by atoms with Gasteiger partial charge in [0.15, 0.2) is 4.34 Å². The van der Waals surface area contributed by atoms with Crippen LogP contribution in [0.3, 0.4) is 0 Å². The summed E-state index contributed by atoms with van der Waals surface area (Å²) in [7, 11) is 0. The Hall–Kier alpha value is -1.07. The second kappa shape index (κ2) is 6.79. The van der Waals surface area contributed by atoms with Gasteiger partial charge in [-0.3, -0.25) is 0 Å². The normalized spacial score (nSPS) is 10.8. The van der Waals surface area contributed by atoms with Crippen molar-refractivity contribution in [2.24, 2.45) is 0 Å². The summed E-state index contributed by atoms with van der Waals surface area (Å²) >= 11 is 15.3. The molecule has 0 amide bonds. The molecule has 21 heavy (non-hydrogen) atoms. The van der Waals surface area contributed by atoms with E-state index in [4.69, 9.17) is 23.2 Å². The number of aromatic nitrogens is 2. The lowest BCUT2D eigenvalue weighted by atomic mass is 10.2. The largest absolute Gasteiger partial charge is 0.174 e. The molecule has 2 aromatic carbocycles. The van der Waals surface area contributed by atoms with Crippen molar-refractivity contribution in [2.75, 3.05) is 0 Å². The van der Waals surface area contributed by atoms with Crippen molar-refractivity contribution in [3.05, 3.63) is 64.1 Å². The molecule has 6 heteroatoms. The zero-order chi connectivity index (χ0) is 14.7. The molecule has 0 bridgehead atoms. The molecule has 1 radical (unpaired) electrons. The lowest BCUT2D eigenvalue weighted by molar-refractivity contribution is 1.01. The average molecular weight is 352 g/mol. The van der Waals surface area contributed by atoms with Gasteiger partial charge in [-0.25, -0.2) is 0 Å². The van der Waals surface area contributed by atoms with Crippen molar-refractivity contribution in [2.45, 2.75) is 10.1 Å². The van der Waals surface area contributed by atoms with Gasteiger partial charge >= 0.3 is 0 Å². The van der Waals surface area contributed by atoms with E-state index in [9.17, 15) is 0 Å². The van der Waals surface area contributed by atoms with E-state index in [0.717, 1.165) is 26.2 Å². The Labute approximate surface area is 141 Å². The van der Waals surface area contributed by atoms with E-state index in [0.29, 0.717) is 10.0 Å². The molecule has 0 spiro atoms. The molecule has 0 fully saturated rings. The average Bonchev–Trinajstić information content (AvgIpc) is 2.95. The molecule has 0 atom stereocenters. The van der Waals surface area contributed by atoms with Gasteiger partial charge in [-0.1, -0.05) is 70.6 Å². The topological polar surface area (TPSA) is 25.8 Å². The molecule has 0 aliphatic carbocycles. The van der Waals surface area contributed by atoms with Crippen LogP contribution in [0.15, 0.2) is 46.8 Å². The fraction of sp³-hybridized carbons (Fsp3) is 0.0667. The number of hydrogen-bond donors (Lipinski definition) is 0. The zero-order valence-corrected chi connectivity index (χ0v) is 13.9. The molecule has 105 valence electrons. The molecule has 0 aliphatic rings. The Morgan fingerprint density at radius 3 is 2.81 bits per heavy atom. The van der Waals surface area contributed by atoms with Crippen LogP contribution in [-0.4, -0.2) is 10.2 Å². The number of hydrogen-bond acceptors (Lipinski definition) is 4. The van der Waals surface area contributed by atoms with E-state index in [1.54, 1.807) is 23.9 Å². The summed E-state index contributed by atoms with van der Waals surface area (Å²) in [4.78, 5) is 0. The first-order valence-corrected chi connectivity index (χ1v) is 8.65. The third-order valence-electron chi connectivity index (χ3n) is 2.69. The maximum absolute atomic E-state index is 6.19. The van der Waals surface area contributed by atoms with Crippen LogP contribution in [0.2, 0.25) is 10.0 Å². The van der Waals surface area contributed by atoms with Crippen molar-refractivity contribution in [3.63, 3.8) is 0 Å². The van der Waals surface area contributed by atoms with Gasteiger partial charge in [0.1, 0.15) is 5.01 Å². The molecule has 0 aliphatic heterocycles. The number of halogens is 2. The highest BCUT2D eigenvalue weighted by Gasteiger charge is 2.11. The molecule has 0 unspecified atom stereocenters. The van der Waals surface area contributed by atoms with Crippen LogP contribution >= 0.6 is 46.3 Å². The van der Waals surface area contributed by atoms with Crippen LogP contribution in [0, 0.1) is 6.07 Å². The minimum Gasteiger partial charge on any atom is -0.137 e. The Bertz CT molecular complexity index is 744. The fourth-order valence-corrected chi connectivity index (χ4v) is 4.08. The number of rotatable bonds is 4. The Morgan fingerprint density at radius 2 is 2.05 bits per heavy atom. The number of benzene rings is 2. The molecule has 1 aromatic heterocycles. The van der Waals surface area contributed by atoms with E-state index < -0.39 is 0 Å². The summed E-state index contributed by atoms with van der Waals surface area (Å²) in [6.07, 6.45) is 0. The van der Waals surface area contributed by atoms with Gasteiger partial charge in [-0.15, -0.1) is 10.2 Å². The highest BCUT2D eigenvalue weighted by Crippen LogP contribution is 2.35. The Kier molecular flexibility index (Phi) is 4.80. The first-order chi connectivity index (χ1) is 10.2. The molecule has 3 aromatic rings. The van der Waals surface area contributed by atoms with Crippen molar-refractivity contribution in [1.29, 1.82) is 0 Å². The minimum absolute atomic E-state index is 0.589. The molecular formula is C15H9Cl2N2S2. The van der Waals surface area contributed by atoms with E-state index in [-0.39, 0.29) is 0 Å². The van der Waals surface area contributed by atoms with Crippen LogP contribution < -0.4 is 0 Å². The molecule has 0 N–H and O–H groups in total. The van der Waals surface area contributed by atoms with Gasteiger partial charge in [-0.05, 0) is 29.8 Å². The van der Waals surface area contributed by atoms with E-state index in [1.165, 1.54) is 11.3 Å². The van der Waals surface area contributed by atoms with Gasteiger partial charge in [0.2, 0.25) is 0 Å². The van der Waals surface area contributed by atoms with Crippen molar-refractivity contribution < 1.29 is 0 Å². The van der Waals surface area contributed by atoms with Gasteiger partial charge in [-0.2, -0.15) is 0 Å². The van der Waals surface area contributed by atoms with E-state index in [2.05, 4.69) is 16.3 Å². The quantitative estimate of drug-likeness (QED) is 0.571. The van der Waals surface area contributed by atoms with Gasteiger partial charge in [0.25, 0.3) is 0 Å². The Morgan fingerprint density at radius 1 is 1.14 bits per heavy atom. The summed E-state index contributed by atoms with van der Waals surface area (Å²) in [5.41, 5.74) is 2.00. The van der Waals surface area contributed by atoms with Crippen LogP contribution in [0.25, 0.3) is 10.6 Å². The van der Waals surface area contributed by atoms with Gasteiger partial charge in [0.05, 0.1) is 5.02 Å². The molecule has 0 saturated carbocycles. The highest BCUT2D eigenvalue weighted by molar-refractivity contribution is 8.00. The van der Waals surface area contributed by atoms with Gasteiger partial charge < -0.3 is 0 Å². The van der Waals surface area contributed by atoms with Crippen LogP contribution in [0.4, 0.5) is 0 Å². The first-order valence-electron chi connectivity index (χ1n) is 6.10. The second-order valence-electron chi connectivity index (χ2n) is 4.17. The molecular weight excluding hydrogens is 343 g/mol. The summed E-state index contributed by atoms with van der Waals surface area (Å²) in [6, 6.07) is 16.5. The van der Waals surface area contributed by atoms with Crippen LogP contribution in [0.5, 0.6) is 0 Å². The van der Waals surface area contributed by atoms with E-state index >= 15 is 0 Å². The summed E-state index contributed by atoms with van der Waals surface area (Å²) in [6.45, 7) is 0. The third kappa shape index (κ3) is 3.77. The lowest BCUT2D eigenvalue weighted by Gasteiger charge is -1.99. The predicted molar refractivity (Wildman–Crippen MR) is 90.2 cm³/mol. The van der Waals surface area contributed by atoms with Crippen molar-refractivity contribution in [1.82, 2.24) is 10.2 Å². The molecule has 2 nitrogen and oxygen atoms in total. The minimum atomic E-state index is 0.589. The standard InChI is InChI=1S/C15H9Cl2N2S2/c16-11-6-7-12(13(17)8-11)14-18-19-15(21-14)20-9-10-4-2-1-3-5-10/h1-4,6-8H,9H2. The maximum atomic E-state index is 6.19. The third-order valence-corrected chi connectivity index (χ3v) is 5.38. The Balaban J connectivity index is 1.74. The van der Waals surface area contributed by atoms with E-state index in [1.807, 2.05) is 30.3 Å². The lowest BCUT2D eigenvalue weighted by Crippen LogP contribution is -1.79. The molecule has 3 rings (SSSR count). The maximum Gasteiger partial charge on any atom is 0.174 e. The fourth-order valence-electron chi connectivity index (χ4n) is 1.70.